The van der Waals surface area contributed by atoms with Gasteiger partial charge in [-0.1, -0.05) is 6.32 Å². The lowest BCUT2D eigenvalue weighted by Gasteiger charge is -2.21. The zero-order valence-corrected chi connectivity index (χ0v) is 32.5. The first-order valence-electron chi connectivity index (χ1n) is 15.2. The van der Waals surface area contributed by atoms with E-state index in [0.717, 1.165) is 0 Å². The van der Waals surface area contributed by atoms with Crippen molar-refractivity contribution in [2.45, 2.75) is 63.5 Å². The van der Waals surface area contributed by atoms with Crippen LogP contribution in [0.15, 0.2) is 0 Å². The lowest BCUT2D eigenvalue weighted by atomic mass is 9.96. The van der Waals surface area contributed by atoms with E-state index in [1.165, 1.54) is 7.11 Å². The van der Waals surface area contributed by atoms with E-state index in [0.29, 0.717) is 19.3 Å². The molecule has 0 aromatic carbocycles. The van der Waals surface area contributed by atoms with Gasteiger partial charge in [-0.2, -0.15) is 0 Å². The number of phosphoric ester groups is 5. The number of unbranched alkanes of at least 4 members (excludes halogenated alkanes) is 2. The molecule has 0 rings (SSSR count). The molecule has 0 heterocycles. The van der Waals surface area contributed by atoms with Gasteiger partial charge in [-0.25, -0.2) is 22.8 Å². The number of methoxy groups -OCH3 is 1. The molecule has 2 radical (unpaired) electrons. The first-order chi connectivity index (χ1) is 23.8. The van der Waals surface area contributed by atoms with Crippen LogP contribution in [-0.4, -0.2) is 123 Å². The predicted molar refractivity (Wildman–Crippen MR) is 177 cm³/mol. The maximum absolute atomic E-state index is 11.9. The molecule has 0 bridgehead atoms. The summed E-state index contributed by atoms with van der Waals surface area (Å²) in [5.41, 5.74) is 0. The third-order valence-corrected chi connectivity index (χ3v) is 10.6. The van der Waals surface area contributed by atoms with Gasteiger partial charge in [0.1, 0.15) is 6.10 Å². The number of rotatable bonds is 35. The Labute approximate surface area is 298 Å². The van der Waals surface area contributed by atoms with E-state index in [9.17, 15) is 52.4 Å². The maximum atomic E-state index is 11.9. The van der Waals surface area contributed by atoms with Gasteiger partial charge in [0, 0.05) is 13.5 Å². The van der Waals surface area contributed by atoms with Crippen LogP contribution in [0.25, 0.3) is 0 Å². The first-order valence-corrected chi connectivity index (χ1v) is 22.7. The number of phosphoric acid groups is 5. The quantitative estimate of drug-likeness (QED) is 0.0231. The fourth-order valence-corrected chi connectivity index (χ4v) is 6.97. The van der Waals surface area contributed by atoms with Crippen LogP contribution in [0.2, 0.25) is 6.32 Å². The number of aliphatic hydroxyl groups excluding tert-OH is 1. The van der Waals surface area contributed by atoms with Crippen LogP contribution in [0.5, 0.6) is 0 Å². The van der Waals surface area contributed by atoms with Gasteiger partial charge in [0.05, 0.1) is 80.0 Å². The van der Waals surface area contributed by atoms with Crippen LogP contribution in [0, 0.1) is 12.3 Å². The van der Waals surface area contributed by atoms with Crippen LogP contribution in [-0.2, 0) is 72.8 Å². The van der Waals surface area contributed by atoms with Crippen LogP contribution in [0.1, 0.15) is 44.9 Å². The molecule has 0 aromatic heterocycles. The average molecular weight is 842 g/mol. The highest BCUT2D eigenvalue weighted by Gasteiger charge is 2.27. The molecule has 0 saturated heterocycles. The number of terminal acetylenes is 1. The van der Waals surface area contributed by atoms with Crippen molar-refractivity contribution in [3.05, 3.63) is 0 Å². The first kappa shape index (κ1) is 51.1. The fourth-order valence-electron chi connectivity index (χ4n) is 3.03. The van der Waals surface area contributed by atoms with E-state index in [1.54, 1.807) is 0 Å². The molecule has 7 unspecified atom stereocenters. The third kappa shape index (κ3) is 30.1. The van der Waals surface area contributed by atoms with Crippen LogP contribution >= 0.6 is 39.1 Å². The standard InChI is InChI=1S/C23H48BO22P5/c1-3-4-5-6-11-37-47(26,27)38-12-7-13-39-48(28,29)40-14-8-15-41-49(30,31)42-16-9-17-43-50(32,33)44-18-10-19-45-51(34,35)46-21-23(36-2)22(25)20-24/h1,22-23,25H,4-21H2,2H3,(H,26,27)(H,28,29)(H,30,31)(H,32,33)(H,34,35). The molecule has 0 aliphatic heterocycles. The lowest BCUT2D eigenvalue weighted by molar-refractivity contribution is -0.0335. The predicted octanol–water partition coefficient (Wildman–Crippen LogP) is 2.98. The summed E-state index contributed by atoms with van der Waals surface area (Å²) < 4.78 is 111. The van der Waals surface area contributed by atoms with E-state index >= 15 is 0 Å². The van der Waals surface area contributed by atoms with Gasteiger partial charge < -0.3 is 34.3 Å². The Morgan fingerprint density at radius 3 is 1.06 bits per heavy atom. The summed E-state index contributed by atoms with van der Waals surface area (Å²) in [5, 5.41) is 9.60. The number of aliphatic hydroxyl groups is 1. The molecule has 0 amide bonds. The van der Waals surface area contributed by atoms with Crippen molar-refractivity contribution in [1.29, 1.82) is 0 Å². The Kier molecular flexibility index (Phi) is 27.7. The van der Waals surface area contributed by atoms with Crippen molar-refractivity contribution >= 4 is 47.0 Å². The van der Waals surface area contributed by atoms with Crippen molar-refractivity contribution < 1.29 is 102 Å². The van der Waals surface area contributed by atoms with E-state index in [2.05, 4.69) is 24.0 Å². The highest BCUT2D eigenvalue weighted by atomic mass is 31.2. The summed E-state index contributed by atoms with van der Waals surface area (Å²) >= 11 is 0. The minimum atomic E-state index is -4.57. The topological polar surface area (TPSA) is 308 Å². The summed E-state index contributed by atoms with van der Waals surface area (Å²) in [6, 6.07) is 0. The van der Waals surface area contributed by atoms with E-state index in [1.807, 2.05) is 0 Å². The van der Waals surface area contributed by atoms with Gasteiger partial charge in [-0.3, -0.25) is 45.2 Å². The van der Waals surface area contributed by atoms with E-state index in [-0.39, 0.29) is 51.8 Å². The number of hydrogen-bond acceptors (Lipinski definition) is 17. The van der Waals surface area contributed by atoms with Gasteiger partial charge in [0.15, 0.2) is 0 Å². The molecule has 0 spiro atoms. The Morgan fingerprint density at radius 2 is 0.804 bits per heavy atom. The summed E-state index contributed by atoms with van der Waals surface area (Å²) in [7, 11) is -16.0. The van der Waals surface area contributed by atoms with Crippen LogP contribution in [0.4, 0.5) is 0 Å². The average Bonchev–Trinajstić information content (AvgIpc) is 3.03. The Hall–Kier alpha value is 0.0949. The fraction of sp³-hybridized carbons (Fsp3) is 0.913. The molecule has 7 atom stereocenters. The van der Waals surface area contributed by atoms with Gasteiger partial charge >= 0.3 is 39.1 Å². The maximum Gasteiger partial charge on any atom is 0.472 e. The summed E-state index contributed by atoms with van der Waals surface area (Å²) in [6.07, 6.45) is 3.94. The molecular formula is C23H48BO22P5. The summed E-state index contributed by atoms with van der Waals surface area (Å²) in [4.78, 5) is 48.2. The number of hydrogen-bond donors (Lipinski definition) is 6. The molecule has 300 valence electrons. The minimum absolute atomic E-state index is 0.0334. The molecule has 51 heavy (non-hydrogen) atoms. The summed E-state index contributed by atoms with van der Waals surface area (Å²) in [5.74, 6) is 2.42. The third-order valence-electron chi connectivity index (χ3n) is 5.54. The van der Waals surface area contributed by atoms with Crippen molar-refractivity contribution in [1.82, 2.24) is 0 Å². The molecule has 6 N–H and O–H groups in total. The largest absolute Gasteiger partial charge is 0.472 e. The smallest absolute Gasteiger partial charge is 0.391 e. The van der Waals surface area contributed by atoms with Crippen molar-refractivity contribution in [2.75, 3.05) is 73.2 Å². The van der Waals surface area contributed by atoms with Gasteiger partial charge in [0.2, 0.25) is 0 Å². The molecule has 0 fully saturated rings. The second-order valence-electron chi connectivity index (χ2n) is 9.79. The molecule has 22 nitrogen and oxygen atoms in total. The van der Waals surface area contributed by atoms with Gasteiger partial charge in [-0.15, -0.1) is 12.3 Å². The second-order valence-corrected chi connectivity index (χ2v) is 17.1. The van der Waals surface area contributed by atoms with Gasteiger partial charge in [-0.05, 0) is 38.5 Å². The zero-order chi connectivity index (χ0) is 38.9. The summed E-state index contributed by atoms with van der Waals surface area (Å²) in [6.45, 7) is -3.78. The highest BCUT2D eigenvalue weighted by Crippen LogP contribution is 2.47. The van der Waals surface area contributed by atoms with Crippen molar-refractivity contribution in [3.63, 3.8) is 0 Å². The second kappa shape index (κ2) is 27.6. The Bertz CT molecular complexity index is 1220. The van der Waals surface area contributed by atoms with E-state index < -0.39 is 97.6 Å². The lowest BCUT2D eigenvalue weighted by Crippen LogP contribution is -2.31. The monoisotopic (exact) mass is 842 g/mol. The molecular weight excluding hydrogens is 794 g/mol. The van der Waals surface area contributed by atoms with Crippen LogP contribution < -0.4 is 0 Å². The highest BCUT2D eigenvalue weighted by molar-refractivity contribution is 7.48. The normalized spacial score (nSPS) is 19.1. The molecule has 0 aliphatic carbocycles. The van der Waals surface area contributed by atoms with Crippen LogP contribution in [0.3, 0.4) is 0 Å². The Morgan fingerprint density at radius 1 is 0.529 bits per heavy atom. The zero-order valence-electron chi connectivity index (χ0n) is 28.0. The van der Waals surface area contributed by atoms with E-state index in [4.69, 9.17) is 46.1 Å². The van der Waals surface area contributed by atoms with Crippen molar-refractivity contribution in [2.24, 2.45) is 0 Å². The Balaban J connectivity index is 4.02. The molecule has 0 aliphatic rings. The number of ether oxygens (including phenoxy) is 1. The SMILES string of the molecule is [B]CC(O)C(COP(=O)(O)OCCCOP(=O)(O)OCCCOP(=O)(O)OCCCOP(=O)(O)OCCCOP(=O)(O)OCCCCC#C)OC. The molecule has 0 aromatic rings. The van der Waals surface area contributed by atoms with Gasteiger partial charge in [0.25, 0.3) is 0 Å². The minimum Gasteiger partial charge on any atom is -0.391 e. The molecule has 28 heteroatoms. The van der Waals surface area contributed by atoms with Crippen molar-refractivity contribution in [3.8, 4) is 12.3 Å². The molecule has 0 saturated carbocycles.